The molecule has 1 N–H and O–H groups in total. The SMILES string of the molecule is CC[C@@H](O)[C@H](C)C(=O)OC. The third-order valence-corrected chi connectivity index (χ3v) is 1.57. The number of esters is 1. The lowest BCUT2D eigenvalue weighted by atomic mass is 10.0. The van der Waals surface area contributed by atoms with E-state index < -0.39 is 12.0 Å². The van der Waals surface area contributed by atoms with E-state index in [2.05, 4.69) is 4.74 Å². The van der Waals surface area contributed by atoms with Gasteiger partial charge in [-0.15, -0.1) is 0 Å². The summed E-state index contributed by atoms with van der Waals surface area (Å²) in [6, 6.07) is 0. The van der Waals surface area contributed by atoms with E-state index in [1.54, 1.807) is 6.92 Å². The van der Waals surface area contributed by atoms with Crippen LogP contribution in [0, 0.1) is 5.92 Å². The van der Waals surface area contributed by atoms with Crippen molar-refractivity contribution in [1.29, 1.82) is 0 Å². The Morgan fingerprint density at radius 1 is 1.70 bits per heavy atom. The second-order valence-electron chi connectivity index (χ2n) is 2.29. The molecule has 10 heavy (non-hydrogen) atoms. The average Bonchev–Trinajstić information content (AvgIpc) is 2.00. The second-order valence-corrected chi connectivity index (χ2v) is 2.29. The number of carbonyl (C=O) groups excluding carboxylic acids is 1. The zero-order chi connectivity index (χ0) is 8.15. The third kappa shape index (κ3) is 2.35. The summed E-state index contributed by atoms with van der Waals surface area (Å²) < 4.78 is 4.44. The quantitative estimate of drug-likeness (QED) is 0.592. The van der Waals surface area contributed by atoms with Crippen LogP contribution in [0.25, 0.3) is 0 Å². The molecule has 0 aromatic rings. The second kappa shape index (κ2) is 4.28. The smallest absolute Gasteiger partial charge is 0.311 e. The van der Waals surface area contributed by atoms with Gasteiger partial charge in [0.1, 0.15) is 0 Å². The molecule has 3 heteroatoms. The molecule has 0 aromatic carbocycles. The lowest BCUT2D eigenvalue weighted by molar-refractivity contribution is -0.148. The number of hydrogen-bond acceptors (Lipinski definition) is 3. The van der Waals surface area contributed by atoms with Gasteiger partial charge in [0.2, 0.25) is 0 Å². The van der Waals surface area contributed by atoms with E-state index >= 15 is 0 Å². The predicted molar refractivity (Wildman–Crippen MR) is 37.5 cm³/mol. The van der Waals surface area contributed by atoms with Gasteiger partial charge < -0.3 is 9.84 Å². The Labute approximate surface area is 61.0 Å². The summed E-state index contributed by atoms with van der Waals surface area (Å²) in [5, 5.41) is 9.13. The molecular formula is C7H14O3. The van der Waals surface area contributed by atoms with Crippen LogP contribution in [0.3, 0.4) is 0 Å². The van der Waals surface area contributed by atoms with Gasteiger partial charge in [-0.25, -0.2) is 0 Å². The fourth-order valence-corrected chi connectivity index (χ4v) is 0.697. The topological polar surface area (TPSA) is 46.5 Å². The summed E-state index contributed by atoms with van der Waals surface area (Å²) in [4.78, 5) is 10.7. The first-order chi connectivity index (χ1) is 4.63. The van der Waals surface area contributed by atoms with Gasteiger partial charge in [0, 0.05) is 0 Å². The zero-order valence-electron chi connectivity index (χ0n) is 6.63. The molecule has 0 spiro atoms. The van der Waals surface area contributed by atoms with Gasteiger partial charge in [-0.05, 0) is 13.3 Å². The van der Waals surface area contributed by atoms with E-state index in [9.17, 15) is 4.79 Å². The van der Waals surface area contributed by atoms with Crippen LogP contribution in [-0.2, 0) is 9.53 Å². The highest BCUT2D eigenvalue weighted by Gasteiger charge is 2.20. The molecule has 0 saturated carbocycles. The lowest BCUT2D eigenvalue weighted by Gasteiger charge is -2.13. The average molecular weight is 146 g/mol. The normalized spacial score (nSPS) is 16.0. The van der Waals surface area contributed by atoms with E-state index in [0.717, 1.165) is 0 Å². The fraction of sp³-hybridized carbons (Fsp3) is 0.857. The van der Waals surface area contributed by atoms with Crippen molar-refractivity contribution < 1.29 is 14.6 Å². The molecule has 0 rings (SSSR count). The number of aliphatic hydroxyl groups is 1. The van der Waals surface area contributed by atoms with Gasteiger partial charge in [-0.1, -0.05) is 6.92 Å². The molecule has 0 aliphatic heterocycles. The van der Waals surface area contributed by atoms with Crippen LogP contribution in [0.1, 0.15) is 20.3 Å². The Bertz CT molecular complexity index is 111. The van der Waals surface area contributed by atoms with Crippen LogP contribution in [0.5, 0.6) is 0 Å². The molecule has 0 radical (unpaired) electrons. The Morgan fingerprint density at radius 3 is 2.50 bits per heavy atom. The number of aliphatic hydroxyl groups excluding tert-OH is 1. The Kier molecular flexibility index (Phi) is 4.03. The fourth-order valence-electron chi connectivity index (χ4n) is 0.697. The van der Waals surface area contributed by atoms with Crippen LogP contribution in [0.4, 0.5) is 0 Å². The molecule has 0 unspecified atom stereocenters. The lowest BCUT2D eigenvalue weighted by Crippen LogP contribution is -2.25. The zero-order valence-corrected chi connectivity index (χ0v) is 6.63. The van der Waals surface area contributed by atoms with Crippen molar-refractivity contribution >= 4 is 5.97 Å². The van der Waals surface area contributed by atoms with Crippen molar-refractivity contribution in [1.82, 2.24) is 0 Å². The van der Waals surface area contributed by atoms with Gasteiger partial charge in [-0.3, -0.25) is 4.79 Å². The minimum absolute atomic E-state index is 0.352. The molecule has 0 fully saturated rings. The van der Waals surface area contributed by atoms with Gasteiger partial charge in [0.15, 0.2) is 0 Å². The van der Waals surface area contributed by atoms with Crippen molar-refractivity contribution in [2.75, 3.05) is 7.11 Å². The first-order valence-corrected chi connectivity index (χ1v) is 3.39. The summed E-state index contributed by atoms with van der Waals surface area (Å²) in [5.41, 5.74) is 0. The molecule has 0 bridgehead atoms. The van der Waals surface area contributed by atoms with Crippen molar-refractivity contribution in [2.45, 2.75) is 26.4 Å². The van der Waals surface area contributed by atoms with Crippen molar-refractivity contribution in [3.05, 3.63) is 0 Å². The number of ether oxygens (including phenoxy) is 1. The molecule has 0 aliphatic rings. The highest BCUT2D eigenvalue weighted by Crippen LogP contribution is 2.07. The molecule has 0 aliphatic carbocycles. The molecule has 0 amide bonds. The highest BCUT2D eigenvalue weighted by atomic mass is 16.5. The van der Waals surface area contributed by atoms with Crippen LogP contribution >= 0.6 is 0 Å². The molecule has 2 atom stereocenters. The molecular weight excluding hydrogens is 132 g/mol. The van der Waals surface area contributed by atoms with Crippen LogP contribution in [0.15, 0.2) is 0 Å². The number of carbonyl (C=O) groups is 1. The van der Waals surface area contributed by atoms with Gasteiger partial charge >= 0.3 is 5.97 Å². The van der Waals surface area contributed by atoms with Crippen molar-refractivity contribution in [2.24, 2.45) is 5.92 Å². The Morgan fingerprint density at radius 2 is 2.20 bits per heavy atom. The summed E-state index contributed by atoms with van der Waals surface area (Å²) in [6.07, 6.45) is 0.00319. The monoisotopic (exact) mass is 146 g/mol. The van der Waals surface area contributed by atoms with Crippen LogP contribution in [0.2, 0.25) is 0 Å². The summed E-state index contributed by atoms with van der Waals surface area (Å²) in [7, 11) is 1.32. The van der Waals surface area contributed by atoms with Gasteiger partial charge in [0.05, 0.1) is 19.1 Å². The van der Waals surface area contributed by atoms with Gasteiger partial charge in [0.25, 0.3) is 0 Å². The minimum atomic E-state index is -0.576. The molecule has 0 saturated heterocycles. The summed E-state index contributed by atoms with van der Waals surface area (Å²) in [5.74, 6) is -0.760. The van der Waals surface area contributed by atoms with Crippen molar-refractivity contribution in [3.63, 3.8) is 0 Å². The molecule has 60 valence electrons. The summed E-state index contributed by atoms with van der Waals surface area (Å²) in [6.45, 7) is 3.48. The Balaban J connectivity index is 3.81. The maximum absolute atomic E-state index is 10.7. The predicted octanol–water partition coefficient (Wildman–Crippen LogP) is 0.566. The first kappa shape index (κ1) is 9.43. The number of hydrogen-bond donors (Lipinski definition) is 1. The molecule has 3 nitrogen and oxygen atoms in total. The maximum Gasteiger partial charge on any atom is 0.311 e. The minimum Gasteiger partial charge on any atom is -0.469 e. The molecule has 0 aromatic heterocycles. The van der Waals surface area contributed by atoms with E-state index in [0.29, 0.717) is 6.42 Å². The van der Waals surface area contributed by atoms with E-state index in [4.69, 9.17) is 5.11 Å². The number of methoxy groups -OCH3 is 1. The van der Waals surface area contributed by atoms with Crippen molar-refractivity contribution in [3.8, 4) is 0 Å². The van der Waals surface area contributed by atoms with Crippen LogP contribution in [-0.4, -0.2) is 24.3 Å². The summed E-state index contributed by atoms with van der Waals surface area (Å²) >= 11 is 0. The van der Waals surface area contributed by atoms with Gasteiger partial charge in [-0.2, -0.15) is 0 Å². The van der Waals surface area contributed by atoms with E-state index in [1.807, 2.05) is 6.92 Å². The Hall–Kier alpha value is -0.570. The molecule has 0 heterocycles. The van der Waals surface area contributed by atoms with E-state index in [1.165, 1.54) is 7.11 Å². The highest BCUT2D eigenvalue weighted by molar-refractivity contribution is 5.72. The largest absolute Gasteiger partial charge is 0.469 e. The standard InChI is InChI=1S/C7H14O3/c1-4-6(8)5(2)7(9)10-3/h5-6,8H,4H2,1-3H3/t5-,6+/m0/s1. The maximum atomic E-state index is 10.7. The van der Waals surface area contributed by atoms with Crippen LogP contribution < -0.4 is 0 Å². The first-order valence-electron chi connectivity index (χ1n) is 3.39. The number of rotatable bonds is 3. The van der Waals surface area contributed by atoms with E-state index in [-0.39, 0.29) is 5.97 Å². The third-order valence-electron chi connectivity index (χ3n) is 1.57.